The highest BCUT2D eigenvalue weighted by molar-refractivity contribution is 6.47. The molecule has 0 aromatic rings. The molecule has 1 atom stereocenters. The molecule has 2 heterocycles. The van der Waals surface area contributed by atoms with Gasteiger partial charge in [0.05, 0.1) is 13.2 Å². The van der Waals surface area contributed by atoms with Crippen LogP contribution in [0.3, 0.4) is 0 Å². The normalized spacial score (nSPS) is 31.2. The van der Waals surface area contributed by atoms with Gasteiger partial charge in [-0.1, -0.05) is 0 Å². The molecule has 2 fully saturated rings. The van der Waals surface area contributed by atoms with Crippen LogP contribution in [-0.2, 0) is 4.74 Å². The van der Waals surface area contributed by atoms with Crippen molar-refractivity contribution in [3.63, 3.8) is 0 Å². The highest BCUT2D eigenvalue weighted by atomic mass is 35.5. The van der Waals surface area contributed by atoms with E-state index in [0.29, 0.717) is 26.3 Å². The number of urea groups is 1. The number of hydrogen-bond donors (Lipinski definition) is 2. The summed E-state index contributed by atoms with van der Waals surface area (Å²) in [5.41, 5.74) is -1.14. The fourth-order valence-corrected chi connectivity index (χ4v) is 2.70. The summed E-state index contributed by atoms with van der Waals surface area (Å²) in [5, 5.41) is 10.8. The van der Waals surface area contributed by atoms with Gasteiger partial charge in [-0.15, -0.1) is 23.2 Å². The second kappa shape index (κ2) is 4.61. The first-order chi connectivity index (χ1) is 8.00. The average Bonchev–Trinajstić information content (AvgIpc) is 2.56. The SMILES string of the molecule is CN1C(=N)C(C(Cl)Cl)(N2CCOCC2)NC1=O. The third kappa shape index (κ3) is 1.89. The van der Waals surface area contributed by atoms with E-state index in [1.54, 1.807) is 0 Å². The van der Waals surface area contributed by atoms with Crippen LogP contribution in [0.2, 0.25) is 0 Å². The minimum Gasteiger partial charge on any atom is -0.379 e. The monoisotopic (exact) mass is 280 g/mol. The zero-order chi connectivity index (χ0) is 12.6. The maximum Gasteiger partial charge on any atom is 0.324 e. The van der Waals surface area contributed by atoms with Crippen molar-refractivity contribution in [1.29, 1.82) is 5.41 Å². The molecule has 6 nitrogen and oxygen atoms in total. The standard InChI is InChI=1S/C9H14Cl2N4O2/c1-14-7(12)9(6(10)11,13-8(14)16)15-2-4-17-5-3-15/h6,12H,2-5H2,1H3,(H,13,16). The summed E-state index contributed by atoms with van der Waals surface area (Å²) in [7, 11) is 1.52. The first kappa shape index (κ1) is 12.9. The van der Waals surface area contributed by atoms with Crippen molar-refractivity contribution < 1.29 is 9.53 Å². The van der Waals surface area contributed by atoms with Gasteiger partial charge in [0, 0.05) is 20.1 Å². The highest BCUT2D eigenvalue weighted by Crippen LogP contribution is 2.31. The molecule has 0 spiro atoms. The second-order valence-corrected chi connectivity index (χ2v) is 5.10. The van der Waals surface area contributed by atoms with E-state index < -0.39 is 10.5 Å². The summed E-state index contributed by atoms with van der Waals surface area (Å²) < 4.78 is 5.25. The Morgan fingerprint density at radius 2 is 2.06 bits per heavy atom. The summed E-state index contributed by atoms with van der Waals surface area (Å²) in [5.74, 6) is 0.0689. The number of likely N-dealkylation sites (N-methyl/N-ethyl adjacent to an activating group) is 1. The molecule has 2 saturated heterocycles. The molecular formula is C9H14Cl2N4O2. The number of hydrogen-bond acceptors (Lipinski definition) is 4. The summed E-state index contributed by atoms with van der Waals surface area (Å²) >= 11 is 12.0. The van der Waals surface area contributed by atoms with Crippen molar-refractivity contribution >= 4 is 35.1 Å². The van der Waals surface area contributed by atoms with E-state index in [-0.39, 0.29) is 11.9 Å². The van der Waals surface area contributed by atoms with Gasteiger partial charge in [-0.2, -0.15) is 0 Å². The molecule has 17 heavy (non-hydrogen) atoms. The molecule has 2 aliphatic rings. The van der Waals surface area contributed by atoms with Crippen molar-refractivity contribution in [1.82, 2.24) is 15.1 Å². The second-order valence-electron chi connectivity index (χ2n) is 4.00. The quantitative estimate of drug-likeness (QED) is 0.722. The number of amidine groups is 1. The number of carbonyl (C=O) groups excluding carboxylic acids is 1. The minimum atomic E-state index is -1.14. The van der Waals surface area contributed by atoms with E-state index in [4.69, 9.17) is 33.3 Å². The Kier molecular flexibility index (Phi) is 3.49. The predicted octanol–water partition coefficient (Wildman–Crippen LogP) is 0.451. The van der Waals surface area contributed by atoms with Gasteiger partial charge < -0.3 is 10.1 Å². The molecular weight excluding hydrogens is 267 g/mol. The number of nitrogens with zero attached hydrogens (tertiary/aromatic N) is 2. The van der Waals surface area contributed by atoms with Crippen LogP contribution < -0.4 is 5.32 Å². The minimum absolute atomic E-state index is 0.0689. The molecule has 2 rings (SSSR count). The molecule has 0 aliphatic carbocycles. The molecule has 8 heteroatoms. The van der Waals surface area contributed by atoms with Crippen molar-refractivity contribution in [2.24, 2.45) is 0 Å². The maximum atomic E-state index is 11.6. The van der Waals surface area contributed by atoms with Crippen LogP contribution >= 0.6 is 23.2 Å². The first-order valence-electron chi connectivity index (χ1n) is 5.26. The lowest BCUT2D eigenvalue weighted by atomic mass is 10.1. The van der Waals surface area contributed by atoms with Gasteiger partial charge in [0.15, 0.2) is 10.5 Å². The van der Waals surface area contributed by atoms with Crippen molar-refractivity contribution in [3.8, 4) is 0 Å². The molecule has 2 aliphatic heterocycles. The number of halogens is 2. The number of nitrogens with one attached hydrogen (secondary N) is 2. The van der Waals surface area contributed by atoms with Crippen molar-refractivity contribution in [2.75, 3.05) is 33.4 Å². The van der Waals surface area contributed by atoms with Crippen molar-refractivity contribution in [3.05, 3.63) is 0 Å². The number of carbonyl (C=O) groups is 1. The lowest BCUT2D eigenvalue weighted by Crippen LogP contribution is -2.66. The number of ether oxygens (including phenoxy) is 1. The fourth-order valence-electron chi connectivity index (χ4n) is 2.10. The van der Waals surface area contributed by atoms with Crippen LogP contribution in [0.15, 0.2) is 0 Å². The van der Waals surface area contributed by atoms with Gasteiger partial charge in [-0.25, -0.2) is 4.79 Å². The lowest BCUT2D eigenvalue weighted by molar-refractivity contribution is -0.000488. The topological polar surface area (TPSA) is 68.7 Å². The van der Waals surface area contributed by atoms with E-state index in [1.807, 2.05) is 4.90 Å². The van der Waals surface area contributed by atoms with Gasteiger partial charge in [-0.05, 0) is 0 Å². The Bertz CT molecular complexity index is 346. The van der Waals surface area contributed by atoms with Crippen LogP contribution in [0.1, 0.15) is 0 Å². The van der Waals surface area contributed by atoms with Crippen LogP contribution in [0.4, 0.5) is 4.79 Å². The van der Waals surface area contributed by atoms with Gasteiger partial charge in [0.2, 0.25) is 0 Å². The molecule has 0 saturated carbocycles. The van der Waals surface area contributed by atoms with E-state index in [2.05, 4.69) is 5.32 Å². The average molecular weight is 281 g/mol. The molecule has 1 unspecified atom stereocenters. The molecule has 0 bridgehead atoms. The largest absolute Gasteiger partial charge is 0.379 e. The molecule has 2 N–H and O–H groups in total. The van der Waals surface area contributed by atoms with Gasteiger partial charge in [0.25, 0.3) is 0 Å². The predicted molar refractivity (Wildman–Crippen MR) is 64.6 cm³/mol. The highest BCUT2D eigenvalue weighted by Gasteiger charge is 2.55. The van der Waals surface area contributed by atoms with Crippen LogP contribution in [0.25, 0.3) is 0 Å². The fraction of sp³-hybridized carbons (Fsp3) is 0.778. The first-order valence-corrected chi connectivity index (χ1v) is 6.13. The molecule has 0 radical (unpaired) electrons. The maximum absolute atomic E-state index is 11.6. The Balaban J connectivity index is 2.33. The van der Waals surface area contributed by atoms with E-state index in [0.717, 1.165) is 0 Å². The van der Waals surface area contributed by atoms with Gasteiger partial charge >= 0.3 is 6.03 Å². The number of amides is 2. The summed E-state index contributed by atoms with van der Waals surface area (Å²) in [6, 6.07) is -0.368. The molecule has 0 aromatic carbocycles. The lowest BCUT2D eigenvalue weighted by Gasteiger charge is -2.42. The van der Waals surface area contributed by atoms with Crippen LogP contribution in [0.5, 0.6) is 0 Å². The van der Waals surface area contributed by atoms with Crippen LogP contribution in [-0.4, -0.2) is 65.5 Å². The third-order valence-electron chi connectivity index (χ3n) is 3.12. The summed E-state index contributed by atoms with van der Waals surface area (Å²) in [6.07, 6.45) is 0. The Labute approximate surface area is 109 Å². The Morgan fingerprint density at radius 3 is 2.47 bits per heavy atom. The number of alkyl halides is 2. The zero-order valence-corrected chi connectivity index (χ0v) is 10.9. The van der Waals surface area contributed by atoms with Gasteiger partial charge in [0.1, 0.15) is 5.84 Å². The van der Waals surface area contributed by atoms with E-state index in [1.165, 1.54) is 11.9 Å². The summed E-state index contributed by atoms with van der Waals surface area (Å²) in [4.78, 5) is 13.8. The van der Waals surface area contributed by atoms with Crippen molar-refractivity contribution in [2.45, 2.75) is 10.5 Å². The molecule has 2 amide bonds. The van der Waals surface area contributed by atoms with E-state index >= 15 is 0 Å². The molecule has 0 aromatic heterocycles. The zero-order valence-electron chi connectivity index (χ0n) is 9.37. The smallest absolute Gasteiger partial charge is 0.324 e. The van der Waals surface area contributed by atoms with E-state index in [9.17, 15) is 4.79 Å². The summed E-state index contributed by atoms with van der Waals surface area (Å²) in [6.45, 7) is 2.23. The Morgan fingerprint density at radius 1 is 1.47 bits per heavy atom. The molecule has 96 valence electrons. The Hall–Kier alpha value is -0.560. The number of morpholine rings is 1. The van der Waals surface area contributed by atoms with Gasteiger partial charge in [-0.3, -0.25) is 15.2 Å². The number of rotatable bonds is 2. The van der Waals surface area contributed by atoms with Crippen LogP contribution in [0, 0.1) is 5.41 Å². The third-order valence-corrected chi connectivity index (χ3v) is 3.76.